The van der Waals surface area contributed by atoms with Crippen LogP contribution in [0.3, 0.4) is 0 Å². The topological polar surface area (TPSA) is 65.0 Å². The van der Waals surface area contributed by atoms with Gasteiger partial charge in [-0.15, -0.1) is 0 Å². The van der Waals surface area contributed by atoms with E-state index >= 15 is 0 Å². The number of hydrogen-bond acceptors (Lipinski definition) is 4. The molecule has 1 atom stereocenters. The maximum absolute atomic E-state index is 11.8. The molecule has 0 heterocycles. The molecule has 0 aliphatic carbocycles. The van der Waals surface area contributed by atoms with Crippen molar-refractivity contribution in [3.05, 3.63) is 53.6 Å². The van der Waals surface area contributed by atoms with Gasteiger partial charge in [-0.3, -0.25) is 4.79 Å². The van der Waals surface area contributed by atoms with Crippen molar-refractivity contribution < 1.29 is 24.1 Å². The highest BCUT2D eigenvalue weighted by atomic mass is 16.5. The second-order valence-electron chi connectivity index (χ2n) is 5.52. The second kappa shape index (κ2) is 8.97. The van der Waals surface area contributed by atoms with Gasteiger partial charge in [-0.1, -0.05) is 18.2 Å². The number of benzene rings is 2. The minimum atomic E-state index is -0.874. The maximum atomic E-state index is 11.8. The van der Waals surface area contributed by atoms with Gasteiger partial charge in [0.05, 0.1) is 26.2 Å². The molecular weight excluding hydrogens is 320 g/mol. The summed E-state index contributed by atoms with van der Waals surface area (Å²) in [7, 11) is 1.57. The quantitative estimate of drug-likeness (QED) is 0.747. The molecule has 134 valence electrons. The molecule has 0 aliphatic heterocycles. The van der Waals surface area contributed by atoms with Crippen molar-refractivity contribution in [2.45, 2.75) is 26.2 Å². The summed E-state index contributed by atoms with van der Waals surface area (Å²) in [5, 5.41) is 9.68. The SMILES string of the molecule is CCOc1cccc(C(Cc2ccc(OCC)c(OC)c2)C(=O)O)c1. The summed E-state index contributed by atoms with van der Waals surface area (Å²) in [5.41, 5.74) is 1.58. The van der Waals surface area contributed by atoms with Crippen molar-refractivity contribution >= 4 is 5.97 Å². The average molecular weight is 344 g/mol. The summed E-state index contributed by atoms with van der Waals surface area (Å²) >= 11 is 0. The Bertz CT molecular complexity index is 711. The minimum Gasteiger partial charge on any atom is -0.494 e. The van der Waals surface area contributed by atoms with Crippen LogP contribution in [0.5, 0.6) is 17.2 Å². The lowest BCUT2D eigenvalue weighted by Gasteiger charge is -2.16. The van der Waals surface area contributed by atoms with Crippen molar-refractivity contribution in [1.29, 1.82) is 0 Å². The van der Waals surface area contributed by atoms with Crippen LogP contribution in [0.25, 0.3) is 0 Å². The first kappa shape index (κ1) is 18.6. The lowest BCUT2D eigenvalue weighted by molar-refractivity contribution is -0.138. The molecule has 0 spiro atoms. The molecular formula is C20H24O5. The number of carboxylic acids is 1. The molecule has 2 rings (SSSR count). The number of carbonyl (C=O) groups is 1. The lowest BCUT2D eigenvalue weighted by atomic mass is 9.92. The number of methoxy groups -OCH3 is 1. The van der Waals surface area contributed by atoms with Crippen LogP contribution in [0.2, 0.25) is 0 Å². The van der Waals surface area contributed by atoms with E-state index in [0.29, 0.717) is 42.4 Å². The van der Waals surface area contributed by atoms with E-state index in [1.165, 1.54) is 0 Å². The van der Waals surface area contributed by atoms with E-state index in [2.05, 4.69) is 0 Å². The van der Waals surface area contributed by atoms with Gasteiger partial charge in [-0.2, -0.15) is 0 Å². The highest BCUT2D eigenvalue weighted by Crippen LogP contribution is 2.31. The predicted molar refractivity (Wildman–Crippen MR) is 95.9 cm³/mol. The monoisotopic (exact) mass is 344 g/mol. The van der Waals surface area contributed by atoms with E-state index in [9.17, 15) is 9.90 Å². The molecule has 0 aliphatic rings. The molecule has 5 nitrogen and oxygen atoms in total. The molecule has 1 N–H and O–H groups in total. The molecule has 0 fully saturated rings. The molecule has 2 aromatic carbocycles. The predicted octanol–water partition coefficient (Wildman–Crippen LogP) is 3.90. The zero-order valence-electron chi connectivity index (χ0n) is 14.8. The van der Waals surface area contributed by atoms with E-state index in [4.69, 9.17) is 14.2 Å². The zero-order chi connectivity index (χ0) is 18.2. The second-order valence-corrected chi connectivity index (χ2v) is 5.52. The molecule has 0 saturated carbocycles. The third-order valence-electron chi connectivity index (χ3n) is 3.84. The normalized spacial score (nSPS) is 11.6. The van der Waals surface area contributed by atoms with Crippen molar-refractivity contribution in [2.75, 3.05) is 20.3 Å². The average Bonchev–Trinajstić information content (AvgIpc) is 2.61. The van der Waals surface area contributed by atoms with Crippen molar-refractivity contribution in [3.8, 4) is 17.2 Å². The highest BCUT2D eigenvalue weighted by molar-refractivity contribution is 5.76. The zero-order valence-corrected chi connectivity index (χ0v) is 14.8. The Morgan fingerprint density at radius 1 is 1.04 bits per heavy atom. The molecule has 0 saturated heterocycles. The van der Waals surface area contributed by atoms with Gasteiger partial charge in [0.25, 0.3) is 0 Å². The lowest BCUT2D eigenvalue weighted by Crippen LogP contribution is -2.14. The third kappa shape index (κ3) is 4.89. The summed E-state index contributed by atoms with van der Waals surface area (Å²) < 4.78 is 16.3. The Morgan fingerprint density at radius 3 is 2.44 bits per heavy atom. The maximum Gasteiger partial charge on any atom is 0.311 e. The minimum absolute atomic E-state index is 0.355. The smallest absolute Gasteiger partial charge is 0.311 e. The number of ether oxygens (including phenoxy) is 3. The summed E-state index contributed by atoms with van der Waals surface area (Å²) in [4.78, 5) is 11.8. The van der Waals surface area contributed by atoms with E-state index in [1.807, 2.05) is 50.2 Å². The van der Waals surface area contributed by atoms with Crippen LogP contribution in [0.4, 0.5) is 0 Å². The van der Waals surface area contributed by atoms with E-state index in [-0.39, 0.29) is 0 Å². The van der Waals surface area contributed by atoms with Crippen LogP contribution in [-0.2, 0) is 11.2 Å². The molecule has 5 heteroatoms. The third-order valence-corrected chi connectivity index (χ3v) is 3.84. The largest absolute Gasteiger partial charge is 0.494 e. The number of hydrogen-bond donors (Lipinski definition) is 1. The first-order chi connectivity index (χ1) is 12.1. The van der Waals surface area contributed by atoms with Crippen LogP contribution in [0.1, 0.15) is 30.9 Å². The van der Waals surface area contributed by atoms with Crippen LogP contribution in [0, 0.1) is 0 Å². The summed E-state index contributed by atoms with van der Waals surface area (Å²) in [6.45, 7) is 4.88. The molecule has 0 bridgehead atoms. The molecule has 2 aromatic rings. The Morgan fingerprint density at radius 2 is 1.80 bits per heavy atom. The summed E-state index contributed by atoms with van der Waals surface area (Å²) in [5.74, 6) is 0.394. The molecule has 25 heavy (non-hydrogen) atoms. The Labute approximate surface area is 148 Å². The Hall–Kier alpha value is -2.69. The van der Waals surface area contributed by atoms with E-state index < -0.39 is 11.9 Å². The van der Waals surface area contributed by atoms with Crippen LogP contribution < -0.4 is 14.2 Å². The van der Waals surface area contributed by atoms with Crippen LogP contribution in [0.15, 0.2) is 42.5 Å². The molecule has 0 aromatic heterocycles. The van der Waals surface area contributed by atoms with Gasteiger partial charge in [-0.05, 0) is 55.7 Å². The standard InChI is InChI=1S/C20H24O5/c1-4-24-16-8-6-7-15(13-16)17(20(21)22)11-14-9-10-18(25-5-2)19(12-14)23-3/h6-10,12-13,17H,4-5,11H2,1-3H3,(H,21,22). The van der Waals surface area contributed by atoms with Gasteiger partial charge in [0.1, 0.15) is 5.75 Å². The first-order valence-corrected chi connectivity index (χ1v) is 8.34. The number of rotatable bonds is 9. The first-order valence-electron chi connectivity index (χ1n) is 8.34. The van der Waals surface area contributed by atoms with Crippen LogP contribution in [-0.4, -0.2) is 31.4 Å². The molecule has 0 amide bonds. The van der Waals surface area contributed by atoms with Gasteiger partial charge >= 0.3 is 5.97 Å². The fraction of sp³-hybridized carbons (Fsp3) is 0.350. The Balaban J connectivity index is 2.27. The van der Waals surface area contributed by atoms with Gasteiger partial charge in [-0.25, -0.2) is 0 Å². The van der Waals surface area contributed by atoms with Gasteiger partial charge < -0.3 is 19.3 Å². The number of carboxylic acid groups (broad SMARTS) is 1. The van der Waals surface area contributed by atoms with Gasteiger partial charge in [0.15, 0.2) is 11.5 Å². The fourth-order valence-electron chi connectivity index (χ4n) is 2.68. The number of aliphatic carboxylic acids is 1. The van der Waals surface area contributed by atoms with Crippen LogP contribution >= 0.6 is 0 Å². The van der Waals surface area contributed by atoms with Crippen molar-refractivity contribution in [1.82, 2.24) is 0 Å². The van der Waals surface area contributed by atoms with Gasteiger partial charge in [0.2, 0.25) is 0 Å². The van der Waals surface area contributed by atoms with E-state index in [0.717, 1.165) is 5.56 Å². The summed E-state index contributed by atoms with van der Waals surface area (Å²) in [6, 6.07) is 12.7. The van der Waals surface area contributed by atoms with Crippen molar-refractivity contribution in [3.63, 3.8) is 0 Å². The summed E-state index contributed by atoms with van der Waals surface area (Å²) in [6.07, 6.45) is 0.355. The van der Waals surface area contributed by atoms with Crippen molar-refractivity contribution in [2.24, 2.45) is 0 Å². The van der Waals surface area contributed by atoms with E-state index in [1.54, 1.807) is 13.2 Å². The fourth-order valence-corrected chi connectivity index (χ4v) is 2.68. The molecule has 0 radical (unpaired) electrons. The highest BCUT2D eigenvalue weighted by Gasteiger charge is 2.21. The Kier molecular flexibility index (Phi) is 6.69. The van der Waals surface area contributed by atoms with Gasteiger partial charge in [0, 0.05) is 0 Å². The molecule has 1 unspecified atom stereocenters.